The molecule has 26 heavy (non-hydrogen) atoms. The van der Waals surface area contributed by atoms with Crippen molar-refractivity contribution in [3.8, 4) is 23.0 Å². The molecule has 0 bridgehead atoms. The Kier molecular flexibility index (Phi) is 3.12. The Morgan fingerprint density at radius 1 is 0.769 bits per heavy atom. The molecule has 3 atom stereocenters. The number of ether oxygens (including phenoxy) is 5. The highest BCUT2D eigenvalue weighted by Crippen LogP contribution is 2.50. The summed E-state index contributed by atoms with van der Waals surface area (Å²) in [5, 5.41) is 0. The van der Waals surface area contributed by atoms with Gasteiger partial charge in [-0.25, -0.2) is 0 Å². The predicted octanol–water partition coefficient (Wildman–Crippen LogP) is 3.38. The summed E-state index contributed by atoms with van der Waals surface area (Å²) in [6.07, 6.45) is 2.36. The van der Waals surface area contributed by atoms with Gasteiger partial charge in [0.25, 0.3) is 0 Å². The highest BCUT2D eigenvalue weighted by molar-refractivity contribution is 5.48. The van der Waals surface area contributed by atoms with E-state index in [0.717, 1.165) is 41.5 Å². The molecular formula is C20H19NO5. The van der Waals surface area contributed by atoms with E-state index in [1.165, 1.54) is 12.0 Å². The first-order valence-corrected chi connectivity index (χ1v) is 9.07. The van der Waals surface area contributed by atoms with Gasteiger partial charge in [0.2, 0.25) is 13.6 Å². The molecule has 4 aliphatic heterocycles. The molecule has 6 nitrogen and oxygen atoms in total. The Balaban J connectivity index is 1.41. The van der Waals surface area contributed by atoms with Gasteiger partial charge >= 0.3 is 0 Å². The smallest absolute Gasteiger partial charge is 0.231 e. The molecule has 4 heterocycles. The fraction of sp³-hybridized carbons (Fsp3) is 0.400. The minimum atomic E-state index is -0.0461. The molecule has 1 unspecified atom stereocenters. The molecular weight excluding hydrogens is 334 g/mol. The summed E-state index contributed by atoms with van der Waals surface area (Å²) in [6.45, 7) is 1.62. The Morgan fingerprint density at radius 2 is 1.42 bits per heavy atom. The summed E-state index contributed by atoms with van der Waals surface area (Å²) in [6, 6.07) is 12.5. The van der Waals surface area contributed by atoms with Gasteiger partial charge in [-0.05, 0) is 48.2 Å². The van der Waals surface area contributed by atoms with Crippen LogP contribution in [0.4, 0.5) is 0 Å². The fourth-order valence-electron chi connectivity index (χ4n) is 4.45. The quantitative estimate of drug-likeness (QED) is 0.825. The van der Waals surface area contributed by atoms with Gasteiger partial charge in [-0.2, -0.15) is 0 Å². The zero-order valence-electron chi connectivity index (χ0n) is 14.2. The molecule has 2 fully saturated rings. The molecule has 0 aliphatic carbocycles. The molecule has 6 heteroatoms. The van der Waals surface area contributed by atoms with E-state index in [2.05, 4.69) is 29.2 Å². The lowest BCUT2D eigenvalue weighted by atomic mass is 9.95. The van der Waals surface area contributed by atoms with Gasteiger partial charge in [-0.3, -0.25) is 4.90 Å². The van der Waals surface area contributed by atoms with E-state index in [1.54, 1.807) is 0 Å². The van der Waals surface area contributed by atoms with Crippen LogP contribution < -0.4 is 18.9 Å². The number of hydrogen-bond donors (Lipinski definition) is 0. The van der Waals surface area contributed by atoms with E-state index >= 15 is 0 Å². The van der Waals surface area contributed by atoms with Crippen LogP contribution in [0.25, 0.3) is 0 Å². The van der Waals surface area contributed by atoms with Crippen molar-refractivity contribution in [1.82, 2.24) is 4.90 Å². The van der Waals surface area contributed by atoms with Crippen LogP contribution in [-0.4, -0.2) is 31.3 Å². The maximum atomic E-state index is 6.48. The number of nitrogens with zero attached hydrogens (tertiary/aromatic N) is 1. The van der Waals surface area contributed by atoms with Crippen LogP contribution in [0.2, 0.25) is 0 Å². The molecule has 2 aromatic rings. The van der Waals surface area contributed by atoms with Crippen LogP contribution in [0, 0.1) is 0 Å². The largest absolute Gasteiger partial charge is 0.454 e. The second kappa shape index (κ2) is 5.53. The molecule has 134 valence electrons. The van der Waals surface area contributed by atoms with Gasteiger partial charge in [-0.1, -0.05) is 12.1 Å². The van der Waals surface area contributed by atoms with E-state index in [0.29, 0.717) is 0 Å². The van der Waals surface area contributed by atoms with Crippen LogP contribution in [-0.2, 0) is 4.74 Å². The highest BCUT2D eigenvalue weighted by Gasteiger charge is 2.46. The first-order chi connectivity index (χ1) is 12.9. The predicted molar refractivity (Wildman–Crippen MR) is 91.4 cm³/mol. The number of rotatable bonds is 2. The van der Waals surface area contributed by atoms with Gasteiger partial charge in [0, 0.05) is 6.54 Å². The molecule has 0 saturated carbocycles. The first kappa shape index (κ1) is 14.7. The van der Waals surface area contributed by atoms with E-state index in [1.807, 2.05) is 12.1 Å². The molecule has 0 N–H and O–H groups in total. The Hall–Kier alpha value is -2.44. The first-order valence-electron chi connectivity index (χ1n) is 9.07. The number of fused-ring (bicyclic) bond motifs is 3. The molecule has 0 aromatic heterocycles. The number of hydrogen-bond acceptors (Lipinski definition) is 6. The van der Waals surface area contributed by atoms with Gasteiger partial charge in [0.1, 0.15) is 12.3 Å². The van der Waals surface area contributed by atoms with Crippen molar-refractivity contribution in [2.24, 2.45) is 0 Å². The van der Waals surface area contributed by atoms with E-state index in [9.17, 15) is 0 Å². The molecule has 0 spiro atoms. The summed E-state index contributed by atoms with van der Waals surface area (Å²) >= 11 is 0. The van der Waals surface area contributed by atoms with Crippen LogP contribution in [0.5, 0.6) is 23.0 Å². The molecule has 2 saturated heterocycles. The van der Waals surface area contributed by atoms with Crippen molar-refractivity contribution >= 4 is 0 Å². The molecule has 6 rings (SSSR count). The van der Waals surface area contributed by atoms with Gasteiger partial charge in [-0.15, -0.1) is 0 Å². The Bertz CT molecular complexity index is 869. The van der Waals surface area contributed by atoms with E-state index < -0.39 is 0 Å². The molecule has 0 radical (unpaired) electrons. The number of benzene rings is 2. The minimum Gasteiger partial charge on any atom is -0.454 e. The Morgan fingerprint density at radius 3 is 2.19 bits per heavy atom. The average molecular weight is 353 g/mol. The van der Waals surface area contributed by atoms with Crippen molar-refractivity contribution in [1.29, 1.82) is 0 Å². The summed E-state index contributed by atoms with van der Waals surface area (Å²) in [4.78, 5) is 2.47. The summed E-state index contributed by atoms with van der Waals surface area (Å²) in [7, 11) is 0. The molecule has 0 amide bonds. The second-order valence-electron chi connectivity index (χ2n) is 7.06. The zero-order valence-corrected chi connectivity index (χ0v) is 14.2. The van der Waals surface area contributed by atoms with Gasteiger partial charge in [0.05, 0.1) is 6.04 Å². The van der Waals surface area contributed by atoms with Crippen LogP contribution >= 0.6 is 0 Å². The zero-order chi connectivity index (χ0) is 17.1. The summed E-state index contributed by atoms with van der Waals surface area (Å²) < 4.78 is 28.6. The fourth-order valence-corrected chi connectivity index (χ4v) is 4.45. The van der Waals surface area contributed by atoms with Crippen molar-refractivity contribution in [3.63, 3.8) is 0 Å². The van der Waals surface area contributed by atoms with Crippen molar-refractivity contribution in [2.45, 2.75) is 31.2 Å². The Labute approximate surface area is 151 Å². The standard InChI is InChI=1S/C20H19NO5/c1-2-18-21(7-1)19(12-3-5-14-16(8-12)24-10-22-14)20(26-18)13-4-6-15-17(9-13)25-11-23-15/h3-6,8-9,18-20H,1-2,7,10-11H2/t18?,19-,20-/m1/s1. The van der Waals surface area contributed by atoms with Crippen molar-refractivity contribution in [3.05, 3.63) is 47.5 Å². The lowest BCUT2D eigenvalue weighted by molar-refractivity contribution is 0.0173. The third kappa shape index (κ3) is 2.12. The summed E-state index contributed by atoms with van der Waals surface area (Å²) in [5.74, 6) is 3.22. The molecule has 4 aliphatic rings. The maximum absolute atomic E-state index is 6.48. The second-order valence-corrected chi connectivity index (χ2v) is 7.06. The van der Waals surface area contributed by atoms with Gasteiger partial charge in [0.15, 0.2) is 23.0 Å². The normalized spacial score (nSPS) is 28.5. The van der Waals surface area contributed by atoms with Crippen LogP contribution in [0.3, 0.4) is 0 Å². The minimum absolute atomic E-state index is 0.0461. The average Bonchev–Trinajstić information content (AvgIpc) is 3.42. The maximum Gasteiger partial charge on any atom is 0.231 e. The van der Waals surface area contributed by atoms with E-state index in [4.69, 9.17) is 23.7 Å². The molecule has 2 aromatic carbocycles. The highest BCUT2D eigenvalue weighted by atomic mass is 16.7. The van der Waals surface area contributed by atoms with Crippen LogP contribution in [0.1, 0.15) is 36.1 Å². The topological polar surface area (TPSA) is 49.4 Å². The lowest BCUT2D eigenvalue weighted by Crippen LogP contribution is -2.26. The van der Waals surface area contributed by atoms with Crippen molar-refractivity contribution in [2.75, 3.05) is 20.1 Å². The third-order valence-corrected chi connectivity index (χ3v) is 5.65. The van der Waals surface area contributed by atoms with Crippen LogP contribution in [0.15, 0.2) is 36.4 Å². The third-order valence-electron chi connectivity index (χ3n) is 5.65. The SMILES string of the molecule is c1cc2c(cc1[C@H]1OC3CCCN3[C@@H]1c1ccc3c(c1)OCO3)OCO2. The lowest BCUT2D eigenvalue weighted by Gasteiger charge is -2.25. The van der Waals surface area contributed by atoms with Gasteiger partial charge < -0.3 is 23.7 Å². The van der Waals surface area contributed by atoms with Crippen molar-refractivity contribution < 1.29 is 23.7 Å². The summed E-state index contributed by atoms with van der Waals surface area (Å²) in [5.41, 5.74) is 2.31. The monoisotopic (exact) mass is 353 g/mol. The van der Waals surface area contributed by atoms with E-state index in [-0.39, 0.29) is 32.0 Å².